The third kappa shape index (κ3) is 4.10. The number of carbonyl (C=O) groups is 1. The first kappa shape index (κ1) is 19.3. The van der Waals surface area contributed by atoms with Gasteiger partial charge >= 0.3 is 0 Å². The number of sulfonamides is 1. The molecule has 7 heteroatoms. The molecule has 1 fully saturated rings. The Bertz CT molecular complexity index is 895. The highest BCUT2D eigenvalue weighted by Gasteiger charge is 2.29. The van der Waals surface area contributed by atoms with Crippen LogP contribution in [0.1, 0.15) is 45.1 Å². The number of rotatable bonds is 5. The van der Waals surface area contributed by atoms with Gasteiger partial charge in [0.1, 0.15) is 0 Å². The molecule has 1 amide bonds. The normalized spacial score (nSPS) is 21.2. The highest BCUT2D eigenvalue weighted by Crippen LogP contribution is 2.31. The number of carbonyl (C=O) groups excluding carboxylic acids is 1. The van der Waals surface area contributed by atoms with Crippen LogP contribution in [0.5, 0.6) is 0 Å². The van der Waals surface area contributed by atoms with Gasteiger partial charge in [0, 0.05) is 22.3 Å². The van der Waals surface area contributed by atoms with E-state index in [4.69, 9.17) is 0 Å². The quantitative estimate of drug-likeness (QED) is 0.804. The van der Waals surface area contributed by atoms with Gasteiger partial charge in [-0.25, -0.2) is 13.1 Å². The summed E-state index contributed by atoms with van der Waals surface area (Å²) in [5, 5.41) is 5.90. The van der Waals surface area contributed by atoms with Crippen molar-refractivity contribution in [1.29, 1.82) is 0 Å². The van der Waals surface area contributed by atoms with Crippen LogP contribution in [0.15, 0.2) is 23.6 Å². The maximum atomic E-state index is 12.6. The van der Waals surface area contributed by atoms with Gasteiger partial charge in [-0.15, -0.1) is 11.3 Å². The van der Waals surface area contributed by atoms with E-state index >= 15 is 0 Å². The third-order valence-corrected chi connectivity index (χ3v) is 8.13. The molecule has 1 aromatic carbocycles. The zero-order chi connectivity index (χ0) is 18.9. The van der Waals surface area contributed by atoms with E-state index in [9.17, 15) is 13.2 Å². The summed E-state index contributed by atoms with van der Waals surface area (Å²) < 4.78 is 28.0. The Morgan fingerprint density at radius 2 is 1.85 bits per heavy atom. The van der Waals surface area contributed by atoms with E-state index in [0.717, 1.165) is 11.3 Å². The van der Waals surface area contributed by atoms with Crippen LogP contribution in [0.3, 0.4) is 0 Å². The summed E-state index contributed by atoms with van der Waals surface area (Å²) in [5.41, 5.74) is 1.97. The van der Waals surface area contributed by atoms with Crippen molar-refractivity contribution in [3.63, 3.8) is 0 Å². The number of nitrogens with one attached hydrogen (secondary N) is 2. The van der Waals surface area contributed by atoms with Crippen LogP contribution < -0.4 is 10.0 Å². The fourth-order valence-corrected chi connectivity index (χ4v) is 5.27. The maximum absolute atomic E-state index is 12.6. The largest absolute Gasteiger partial charge is 0.326 e. The highest BCUT2D eigenvalue weighted by atomic mass is 32.2. The number of hydrogen-bond acceptors (Lipinski definition) is 4. The first-order chi connectivity index (χ1) is 12.3. The number of fused-ring (bicyclic) bond motifs is 1. The van der Waals surface area contributed by atoms with Crippen LogP contribution in [-0.2, 0) is 14.8 Å². The minimum Gasteiger partial charge on any atom is -0.326 e. The van der Waals surface area contributed by atoms with Gasteiger partial charge in [0.2, 0.25) is 15.9 Å². The smallest absolute Gasteiger partial charge is 0.227 e. The molecule has 2 aromatic rings. The molecule has 1 heterocycles. The molecule has 0 radical (unpaired) electrons. The van der Waals surface area contributed by atoms with E-state index in [1.54, 1.807) is 25.2 Å². The van der Waals surface area contributed by atoms with Gasteiger partial charge < -0.3 is 5.32 Å². The first-order valence-electron chi connectivity index (χ1n) is 9.06. The monoisotopic (exact) mass is 394 g/mol. The minimum absolute atomic E-state index is 0.0363. The lowest BCUT2D eigenvalue weighted by Gasteiger charge is -2.29. The van der Waals surface area contributed by atoms with Crippen molar-refractivity contribution in [2.24, 2.45) is 5.92 Å². The molecular weight excluding hydrogens is 368 g/mol. The number of aryl methyl sites for hydroxylation is 1. The molecule has 1 aliphatic rings. The summed E-state index contributed by atoms with van der Waals surface area (Å²) in [6.07, 6.45) is 2.81. The summed E-state index contributed by atoms with van der Waals surface area (Å²) in [5.74, 6) is -0.0255. The fourth-order valence-electron chi connectivity index (χ4n) is 3.39. The zero-order valence-corrected chi connectivity index (χ0v) is 17.0. The van der Waals surface area contributed by atoms with Crippen LogP contribution in [0, 0.1) is 12.8 Å². The Kier molecular flexibility index (Phi) is 5.69. The highest BCUT2D eigenvalue weighted by molar-refractivity contribution is 7.90. The van der Waals surface area contributed by atoms with Crippen LogP contribution in [0.4, 0.5) is 5.69 Å². The SMILES string of the molecule is Cc1c(NC(=O)[C@H]2CC[C@H](NS(=O)(=O)C(C)C)CC2)ccc2ccsc12. The van der Waals surface area contributed by atoms with E-state index in [-0.39, 0.29) is 17.9 Å². The van der Waals surface area contributed by atoms with Crippen molar-refractivity contribution in [3.05, 3.63) is 29.1 Å². The van der Waals surface area contributed by atoms with E-state index in [1.165, 1.54) is 10.1 Å². The van der Waals surface area contributed by atoms with Gasteiger partial charge in [0.25, 0.3) is 0 Å². The second-order valence-electron chi connectivity index (χ2n) is 7.33. The fraction of sp³-hybridized carbons (Fsp3) is 0.526. The Labute approximate surface area is 159 Å². The number of amides is 1. The van der Waals surface area contributed by atoms with E-state index < -0.39 is 15.3 Å². The second kappa shape index (κ2) is 7.66. The van der Waals surface area contributed by atoms with Crippen molar-refractivity contribution in [3.8, 4) is 0 Å². The van der Waals surface area contributed by atoms with E-state index in [0.29, 0.717) is 25.7 Å². The molecule has 3 rings (SSSR count). The Hall–Kier alpha value is -1.44. The first-order valence-corrected chi connectivity index (χ1v) is 11.5. The van der Waals surface area contributed by atoms with Gasteiger partial charge in [0.15, 0.2) is 0 Å². The predicted molar refractivity (Wildman–Crippen MR) is 108 cm³/mol. The minimum atomic E-state index is -3.25. The third-order valence-electron chi connectivity index (χ3n) is 5.18. The van der Waals surface area contributed by atoms with Crippen molar-refractivity contribution in [2.45, 2.75) is 57.7 Å². The molecule has 1 aromatic heterocycles. The van der Waals surface area contributed by atoms with Crippen molar-refractivity contribution >= 4 is 43.0 Å². The maximum Gasteiger partial charge on any atom is 0.227 e. The number of thiophene rings is 1. The van der Waals surface area contributed by atoms with Crippen molar-refractivity contribution < 1.29 is 13.2 Å². The van der Waals surface area contributed by atoms with E-state index in [2.05, 4.69) is 21.5 Å². The lowest BCUT2D eigenvalue weighted by molar-refractivity contribution is -0.120. The molecule has 0 unspecified atom stereocenters. The molecule has 5 nitrogen and oxygen atoms in total. The molecule has 0 aliphatic heterocycles. The van der Waals surface area contributed by atoms with Gasteiger partial charge in [-0.1, -0.05) is 6.07 Å². The molecule has 142 valence electrons. The standard InChI is InChI=1S/C19H26N2O3S2/c1-12(2)26(23,24)21-16-7-4-15(5-8-16)19(22)20-17-9-6-14-10-11-25-18(14)13(17)3/h6,9-12,15-16,21H,4-5,7-8H2,1-3H3,(H,20,22)/t15-,16-. The average Bonchev–Trinajstić information content (AvgIpc) is 3.07. The molecular formula is C19H26N2O3S2. The number of hydrogen-bond donors (Lipinski definition) is 2. The van der Waals surface area contributed by atoms with E-state index in [1.807, 2.05) is 19.1 Å². The zero-order valence-electron chi connectivity index (χ0n) is 15.4. The van der Waals surface area contributed by atoms with Gasteiger partial charge in [-0.05, 0) is 74.9 Å². The molecule has 1 aliphatic carbocycles. The molecule has 0 spiro atoms. The molecule has 0 saturated heterocycles. The Balaban J connectivity index is 1.59. The van der Waals surface area contributed by atoms with Crippen LogP contribution in [0.25, 0.3) is 10.1 Å². The summed E-state index contributed by atoms with van der Waals surface area (Å²) in [7, 11) is -3.25. The topological polar surface area (TPSA) is 75.3 Å². The summed E-state index contributed by atoms with van der Waals surface area (Å²) in [6, 6.07) is 6.02. The van der Waals surface area contributed by atoms with Crippen molar-refractivity contribution in [1.82, 2.24) is 4.72 Å². The molecule has 2 N–H and O–H groups in total. The number of benzene rings is 1. The van der Waals surface area contributed by atoms with Gasteiger partial charge in [-0.3, -0.25) is 4.79 Å². The predicted octanol–water partition coefficient (Wildman–Crippen LogP) is 4.03. The second-order valence-corrected chi connectivity index (χ2v) is 10.5. The summed E-state index contributed by atoms with van der Waals surface area (Å²) in [4.78, 5) is 12.6. The summed E-state index contributed by atoms with van der Waals surface area (Å²) in [6.45, 7) is 5.38. The Morgan fingerprint density at radius 1 is 1.15 bits per heavy atom. The lowest BCUT2D eigenvalue weighted by atomic mass is 9.86. The molecule has 1 saturated carbocycles. The molecule has 0 atom stereocenters. The van der Waals surface area contributed by atoms with Gasteiger partial charge in [-0.2, -0.15) is 0 Å². The van der Waals surface area contributed by atoms with Crippen molar-refractivity contribution in [2.75, 3.05) is 5.32 Å². The molecule has 0 bridgehead atoms. The van der Waals surface area contributed by atoms with Crippen LogP contribution in [0.2, 0.25) is 0 Å². The summed E-state index contributed by atoms with van der Waals surface area (Å²) >= 11 is 1.68. The average molecular weight is 395 g/mol. The molecule has 26 heavy (non-hydrogen) atoms. The van der Waals surface area contributed by atoms with Gasteiger partial charge in [0.05, 0.1) is 5.25 Å². The lowest BCUT2D eigenvalue weighted by Crippen LogP contribution is -2.42. The van der Waals surface area contributed by atoms with Crippen LogP contribution >= 0.6 is 11.3 Å². The number of anilines is 1. The Morgan fingerprint density at radius 3 is 2.50 bits per heavy atom. The van der Waals surface area contributed by atoms with Crippen LogP contribution in [-0.4, -0.2) is 25.6 Å².